The summed E-state index contributed by atoms with van der Waals surface area (Å²) < 4.78 is 0. The van der Waals surface area contributed by atoms with Crippen LogP contribution in [0.5, 0.6) is 0 Å². The Morgan fingerprint density at radius 3 is 2.75 bits per heavy atom. The maximum Gasteiger partial charge on any atom is 0.269 e. The third kappa shape index (κ3) is 4.42. The van der Waals surface area contributed by atoms with E-state index in [1.54, 1.807) is 6.07 Å². The second-order valence-corrected chi connectivity index (χ2v) is 4.03. The first-order valence-corrected chi connectivity index (χ1v) is 5.69. The van der Waals surface area contributed by atoms with Gasteiger partial charge in [0.15, 0.2) is 0 Å². The molecule has 0 fully saturated rings. The van der Waals surface area contributed by atoms with Crippen LogP contribution in [0.2, 0.25) is 0 Å². The summed E-state index contributed by atoms with van der Waals surface area (Å²) in [4.78, 5) is 32.8. The molecule has 0 radical (unpaired) electrons. The van der Waals surface area contributed by atoms with Crippen LogP contribution in [-0.4, -0.2) is 22.8 Å². The van der Waals surface area contributed by atoms with Gasteiger partial charge < -0.3 is 11.1 Å². The molecule has 0 spiro atoms. The molecule has 0 aliphatic rings. The zero-order valence-electron chi connectivity index (χ0n) is 10.5. The number of rotatable bonds is 6. The number of hydrogen-bond donors (Lipinski definition) is 2. The number of carbonyl (C=O) groups excluding carboxylic acids is 2. The average molecular weight is 275 g/mol. The molecule has 7 nitrogen and oxygen atoms in total. The van der Waals surface area contributed by atoms with E-state index in [0.29, 0.717) is 5.56 Å². The van der Waals surface area contributed by atoms with E-state index >= 15 is 0 Å². The Balaban J connectivity index is 2.71. The molecule has 0 heterocycles. The Kier molecular flexibility index (Phi) is 5.23. The highest BCUT2D eigenvalue weighted by Crippen LogP contribution is 2.13. The average Bonchev–Trinajstić information content (AvgIpc) is 2.38. The summed E-state index contributed by atoms with van der Waals surface area (Å²) in [6.07, 6.45) is 4.96. The van der Waals surface area contributed by atoms with Crippen LogP contribution in [0.1, 0.15) is 12.0 Å². The van der Waals surface area contributed by atoms with E-state index in [1.165, 1.54) is 18.2 Å². The second kappa shape index (κ2) is 6.89. The highest BCUT2D eigenvalue weighted by Gasteiger charge is 2.17. The Hall–Kier alpha value is -2.88. The number of nitrogens with one attached hydrogen (secondary N) is 1. The van der Waals surface area contributed by atoms with Gasteiger partial charge in [0.1, 0.15) is 6.04 Å². The van der Waals surface area contributed by atoms with Crippen LogP contribution in [0.15, 0.2) is 24.3 Å². The zero-order chi connectivity index (χ0) is 15.1. The maximum absolute atomic E-state index is 11.7. The number of nitro benzene ring substituents is 1. The molecule has 3 N–H and O–H groups in total. The summed E-state index contributed by atoms with van der Waals surface area (Å²) in [6.45, 7) is 0. The number of nitrogens with zero attached hydrogens (tertiary/aromatic N) is 1. The largest absolute Gasteiger partial charge is 0.368 e. The van der Waals surface area contributed by atoms with Crippen molar-refractivity contribution in [1.82, 2.24) is 5.32 Å². The van der Waals surface area contributed by atoms with Gasteiger partial charge >= 0.3 is 0 Å². The molecule has 0 bridgehead atoms. The fraction of sp³-hybridized carbons (Fsp3) is 0.231. The predicted molar refractivity (Wildman–Crippen MR) is 71.4 cm³/mol. The molecule has 0 aliphatic carbocycles. The quantitative estimate of drug-likeness (QED) is 0.436. The zero-order valence-corrected chi connectivity index (χ0v) is 10.5. The molecular formula is C13H13N3O4. The first kappa shape index (κ1) is 15.2. The van der Waals surface area contributed by atoms with Crippen LogP contribution in [0.3, 0.4) is 0 Å². The molecule has 2 amide bonds. The van der Waals surface area contributed by atoms with Crippen LogP contribution in [0.4, 0.5) is 5.69 Å². The molecular weight excluding hydrogens is 262 g/mol. The number of terminal acetylenes is 1. The lowest BCUT2D eigenvalue weighted by atomic mass is 10.1. The fourth-order valence-electron chi connectivity index (χ4n) is 1.55. The number of hydrogen-bond acceptors (Lipinski definition) is 4. The van der Waals surface area contributed by atoms with Gasteiger partial charge in [-0.15, -0.1) is 12.3 Å². The highest BCUT2D eigenvalue weighted by molar-refractivity contribution is 5.87. The number of carbonyl (C=O) groups is 2. The van der Waals surface area contributed by atoms with Crippen molar-refractivity contribution in [2.24, 2.45) is 5.73 Å². The molecule has 0 saturated carbocycles. The molecule has 104 valence electrons. The van der Waals surface area contributed by atoms with Gasteiger partial charge in [0.05, 0.1) is 11.3 Å². The molecule has 0 aromatic heterocycles. The Morgan fingerprint density at radius 2 is 2.20 bits per heavy atom. The van der Waals surface area contributed by atoms with Crippen molar-refractivity contribution >= 4 is 17.5 Å². The molecule has 20 heavy (non-hydrogen) atoms. The van der Waals surface area contributed by atoms with Crippen molar-refractivity contribution in [3.05, 3.63) is 39.9 Å². The minimum Gasteiger partial charge on any atom is -0.368 e. The monoisotopic (exact) mass is 275 g/mol. The van der Waals surface area contributed by atoms with Crippen molar-refractivity contribution in [3.8, 4) is 12.3 Å². The van der Waals surface area contributed by atoms with E-state index in [1.807, 2.05) is 0 Å². The molecule has 1 aromatic rings. The third-order valence-corrected chi connectivity index (χ3v) is 2.49. The van der Waals surface area contributed by atoms with E-state index in [0.717, 1.165) is 0 Å². The Morgan fingerprint density at radius 1 is 1.50 bits per heavy atom. The summed E-state index contributed by atoms with van der Waals surface area (Å²) in [7, 11) is 0. The van der Waals surface area contributed by atoms with Gasteiger partial charge in [0, 0.05) is 18.6 Å². The van der Waals surface area contributed by atoms with Gasteiger partial charge in [-0.1, -0.05) is 12.1 Å². The third-order valence-electron chi connectivity index (χ3n) is 2.49. The summed E-state index contributed by atoms with van der Waals surface area (Å²) >= 11 is 0. The summed E-state index contributed by atoms with van der Waals surface area (Å²) in [5.41, 5.74) is 5.44. The maximum atomic E-state index is 11.7. The van der Waals surface area contributed by atoms with E-state index in [4.69, 9.17) is 12.2 Å². The summed E-state index contributed by atoms with van der Waals surface area (Å²) in [5, 5.41) is 13.0. The van der Waals surface area contributed by atoms with Crippen molar-refractivity contribution in [2.45, 2.75) is 18.9 Å². The normalized spacial score (nSPS) is 11.2. The molecule has 1 rings (SSSR count). The van der Waals surface area contributed by atoms with E-state index in [2.05, 4.69) is 11.2 Å². The smallest absolute Gasteiger partial charge is 0.269 e. The van der Waals surface area contributed by atoms with E-state index < -0.39 is 22.8 Å². The molecule has 7 heteroatoms. The minimum atomic E-state index is -0.939. The minimum absolute atomic E-state index is 0.00396. The summed E-state index contributed by atoms with van der Waals surface area (Å²) in [6, 6.07) is 4.73. The van der Waals surface area contributed by atoms with Crippen LogP contribution in [-0.2, 0) is 16.0 Å². The van der Waals surface area contributed by atoms with Crippen LogP contribution in [0.25, 0.3) is 0 Å². The lowest BCUT2D eigenvalue weighted by Gasteiger charge is -2.12. The van der Waals surface area contributed by atoms with Gasteiger partial charge in [-0.2, -0.15) is 0 Å². The number of non-ortho nitro benzene ring substituents is 1. The number of nitro groups is 1. The molecule has 1 atom stereocenters. The second-order valence-electron chi connectivity index (χ2n) is 4.03. The Bertz CT molecular complexity index is 577. The standard InChI is InChI=1S/C13H13N3O4/c1-2-4-11(13(14)18)15-12(17)8-9-5-3-6-10(7-9)16(19)20/h1,3,5-7,11H,4,8H2,(H2,14,18)(H,15,17)/t11-/m1/s1. The van der Waals surface area contributed by atoms with Crippen molar-refractivity contribution in [3.63, 3.8) is 0 Å². The van der Waals surface area contributed by atoms with Crippen molar-refractivity contribution < 1.29 is 14.5 Å². The SMILES string of the molecule is C#CC[C@@H](NC(=O)Cc1cccc([N+](=O)[O-])c1)C(N)=O. The Labute approximate surface area is 115 Å². The van der Waals surface area contributed by atoms with Crippen LogP contribution < -0.4 is 11.1 Å². The van der Waals surface area contributed by atoms with Gasteiger partial charge in [-0.05, 0) is 5.56 Å². The van der Waals surface area contributed by atoms with Crippen molar-refractivity contribution in [2.75, 3.05) is 0 Å². The van der Waals surface area contributed by atoms with Gasteiger partial charge in [0.2, 0.25) is 11.8 Å². The van der Waals surface area contributed by atoms with Gasteiger partial charge in [0.25, 0.3) is 5.69 Å². The molecule has 0 saturated heterocycles. The van der Waals surface area contributed by atoms with Crippen molar-refractivity contribution in [1.29, 1.82) is 0 Å². The van der Waals surface area contributed by atoms with E-state index in [9.17, 15) is 19.7 Å². The molecule has 1 aromatic carbocycles. The molecule has 0 unspecified atom stereocenters. The lowest BCUT2D eigenvalue weighted by molar-refractivity contribution is -0.384. The van der Waals surface area contributed by atoms with Gasteiger partial charge in [-0.3, -0.25) is 19.7 Å². The number of benzene rings is 1. The lowest BCUT2D eigenvalue weighted by Crippen LogP contribution is -2.44. The van der Waals surface area contributed by atoms with Crippen LogP contribution in [0, 0.1) is 22.5 Å². The molecule has 0 aliphatic heterocycles. The van der Waals surface area contributed by atoms with Crippen LogP contribution >= 0.6 is 0 Å². The highest BCUT2D eigenvalue weighted by atomic mass is 16.6. The first-order valence-electron chi connectivity index (χ1n) is 5.69. The number of nitrogens with two attached hydrogens (primary N) is 1. The number of amides is 2. The predicted octanol–water partition coefficient (Wildman–Crippen LogP) is 0.131. The number of primary amides is 1. The fourth-order valence-corrected chi connectivity index (χ4v) is 1.55. The van der Waals surface area contributed by atoms with E-state index in [-0.39, 0.29) is 18.5 Å². The summed E-state index contributed by atoms with van der Waals surface area (Å²) in [5.74, 6) is 1.03. The first-order chi connectivity index (χ1) is 9.43. The van der Waals surface area contributed by atoms with Gasteiger partial charge in [-0.25, -0.2) is 0 Å². The topological polar surface area (TPSA) is 115 Å².